The molecule has 3 nitrogen and oxygen atoms in total. The zero-order chi connectivity index (χ0) is 22.2. The number of halogens is 6. The van der Waals surface area contributed by atoms with Gasteiger partial charge in [-0.05, 0) is 59.6 Å². The molecule has 0 bridgehead atoms. The van der Waals surface area contributed by atoms with Crippen LogP contribution >= 0.6 is 11.9 Å². The first-order valence-corrected chi connectivity index (χ1v) is 9.17. The Labute approximate surface area is 165 Å². The molecule has 160 valence electrons. The second kappa shape index (κ2) is 8.08. The molecule has 1 aromatic rings. The number of aliphatic hydroxyl groups is 1. The van der Waals surface area contributed by atoms with Crippen molar-refractivity contribution in [3.8, 4) is 0 Å². The van der Waals surface area contributed by atoms with Crippen LogP contribution in [0.4, 0.5) is 26.3 Å². The van der Waals surface area contributed by atoms with Gasteiger partial charge in [-0.1, -0.05) is 17.6 Å². The molecule has 2 N–H and O–H groups in total. The van der Waals surface area contributed by atoms with Crippen LogP contribution < -0.4 is 10.2 Å². The van der Waals surface area contributed by atoms with Gasteiger partial charge in [-0.2, -0.15) is 26.3 Å². The van der Waals surface area contributed by atoms with Crippen molar-refractivity contribution in [3.63, 3.8) is 0 Å². The summed E-state index contributed by atoms with van der Waals surface area (Å²) in [4.78, 5) is -0.379. The monoisotopic (exact) mass is 431 g/mol. The molecule has 0 aromatic heterocycles. The number of hydrogen-bond donors (Lipinski definition) is 2. The van der Waals surface area contributed by atoms with E-state index in [1.165, 1.54) is 19.9 Å². The van der Waals surface area contributed by atoms with Crippen LogP contribution in [-0.2, 0) is 10.8 Å². The maximum Gasteiger partial charge on any atom is 0.417 e. The Kier molecular flexibility index (Phi) is 7.25. The van der Waals surface area contributed by atoms with Crippen LogP contribution in [0.3, 0.4) is 0 Å². The molecule has 0 saturated heterocycles. The highest BCUT2D eigenvalue weighted by molar-refractivity contribution is 7.97. The van der Waals surface area contributed by atoms with Crippen LogP contribution in [-0.4, -0.2) is 35.5 Å². The first-order valence-electron chi connectivity index (χ1n) is 8.35. The van der Waals surface area contributed by atoms with E-state index >= 15 is 0 Å². The van der Waals surface area contributed by atoms with Gasteiger partial charge in [-0.25, -0.2) is 4.72 Å². The molecule has 0 aliphatic carbocycles. The molecule has 0 atom stereocenters. The van der Waals surface area contributed by atoms with Crippen LogP contribution in [0.1, 0.15) is 47.1 Å². The van der Waals surface area contributed by atoms with Crippen molar-refractivity contribution in [3.05, 3.63) is 23.8 Å². The molecular formula is C17H24BF6NO2S. The summed E-state index contributed by atoms with van der Waals surface area (Å²) >= 11 is 0.274. The number of hydrogen-bond acceptors (Lipinski definition) is 4. The molecule has 0 amide bonds. The minimum absolute atomic E-state index is 0.184. The second-order valence-corrected chi connectivity index (χ2v) is 8.86. The lowest BCUT2D eigenvalue weighted by Gasteiger charge is -2.37. The van der Waals surface area contributed by atoms with E-state index in [0.29, 0.717) is 0 Å². The Bertz CT molecular complexity index is 684. The maximum absolute atomic E-state index is 13.4. The SMILES string of the molecule is CC(C)(O)C(C)(C)OBc1ccc(SNC(C)(C)C(F)(F)F)c(C(F)(F)F)c1. The quantitative estimate of drug-likeness (QED) is 0.386. The van der Waals surface area contributed by atoms with E-state index < -0.39 is 34.7 Å². The van der Waals surface area contributed by atoms with Crippen LogP contribution in [0.25, 0.3) is 0 Å². The van der Waals surface area contributed by atoms with Crippen molar-refractivity contribution in [2.24, 2.45) is 0 Å². The second-order valence-electron chi connectivity index (χ2n) is 8.01. The highest BCUT2D eigenvalue weighted by Gasteiger charge is 2.47. The Hall–Kier alpha value is -0.905. The first-order chi connectivity index (χ1) is 12.3. The summed E-state index contributed by atoms with van der Waals surface area (Å²) < 4.78 is 86.5. The Morgan fingerprint density at radius 2 is 1.50 bits per heavy atom. The topological polar surface area (TPSA) is 41.5 Å². The summed E-state index contributed by atoms with van der Waals surface area (Å²) in [7, 11) is -0.202. The van der Waals surface area contributed by atoms with E-state index in [1.54, 1.807) is 13.8 Å². The zero-order valence-corrected chi connectivity index (χ0v) is 17.3. The van der Waals surface area contributed by atoms with Crippen molar-refractivity contribution >= 4 is 24.9 Å². The smallest absolute Gasteiger partial charge is 0.417 e. The Morgan fingerprint density at radius 3 is 1.93 bits per heavy atom. The van der Waals surface area contributed by atoms with E-state index in [2.05, 4.69) is 4.72 Å². The summed E-state index contributed by atoms with van der Waals surface area (Å²) in [6.45, 7) is 7.92. The molecule has 0 fully saturated rings. The lowest BCUT2D eigenvalue weighted by molar-refractivity contribution is -0.179. The fourth-order valence-electron chi connectivity index (χ4n) is 1.66. The highest BCUT2D eigenvalue weighted by atomic mass is 32.2. The van der Waals surface area contributed by atoms with Gasteiger partial charge in [0.1, 0.15) is 5.54 Å². The molecule has 11 heteroatoms. The predicted molar refractivity (Wildman–Crippen MR) is 98.8 cm³/mol. The fraction of sp³-hybridized carbons (Fsp3) is 0.647. The van der Waals surface area contributed by atoms with Crippen molar-refractivity contribution in [1.82, 2.24) is 4.72 Å². The van der Waals surface area contributed by atoms with Gasteiger partial charge in [0.05, 0.1) is 16.8 Å². The molecular weight excluding hydrogens is 407 g/mol. The van der Waals surface area contributed by atoms with Crippen LogP contribution in [0.5, 0.6) is 0 Å². The molecule has 1 aromatic carbocycles. The van der Waals surface area contributed by atoms with E-state index in [1.807, 2.05) is 0 Å². The van der Waals surface area contributed by atoms with Gasteiger partial charge in [0.15, 0.2) is 0 Å². The highest BCUT2D eigenvalue weighted by Crippen LogP contribution is 2.38. The van der Waals surface area contributed by atoms with Gasteiger partial charge in [0, 0.05) is 4.90 Å². The standard InChI is InChI=1S/C17H24BF6NO2S/c1-13(2,17(22,23)24)25-28-12-8-7-10(9-11(12)16(19,20)21)18-27-15(5,6)14(3,4)26/h7-9,18,25-26H,1-6H3. The van der Waals surface area contributed by atoms with Gasteiger partial charge in [0.2, 0.25) is 0 Å². The molecule has 0 radical (unpaired) electrons. The van der Waals surface area contributed by atoms with Crippen molar-refractivity contribution in [2.45, 2.75) is 75.5 Å². The van der Waals surface area contributed by atoms with Gasteiger partial charge in [-0.15, -0.1) is 0 Å². The van der Waals surface area contributed by atoms with Crippen LogP contribution in [0.15, 0.2) is 23.1 Å². The molecule has 0 heterocycles. The van der Waals surface area contributed by atoms with E-state index in [9.17, 15) is 31.4 Å². The molecule has 0 saturated carbocycles. The Morgan fingerprint density at radius 1 is 0.964 bits per heavy atom. The molecule has 28 heavy (non-hydrogen) atoms. The van der Waals surface area contributed by atoms with Crippen molar-refractivity contribution < 1.29 is 36.1 Å². The summed E-state index contributed by atoms with van der Waals surface area (Å²) in [5.74, 6) is 0. The third kappa shape index (κ3) is 6.30. The zero-order valence-electron chi connectivity index (χ0n) is 16.5. The molecule has 0 unspecified atom stereocenters. The van der Waals surface area contributed by atoms with Gasteiger partial charge in [0.25, 0.3) is 0 Å². The summed E-state index contributed by atoms with van der Waals surface area (Å²) in [5.41, 5.74) is -5.52. The average Bonchev–Trinajstić information content (AvgIpc) is 2.48. The third-order valence-corrected chi connectivity index (χ3v) is 5.74. The van der Waals surface area contributed by atoms with Gasteiger partial charge < -0.3 is 9.76 Å². The van der Waals surface area contributed by atoms with E-state index in [-0.39, 0.29) is 29.8 Å². The normalized spacial score (nSPS) is 14.3. The number of nitrogens with one attached hydrogen (secondary N) is 1. The molecule has 0 spiro atoms. The maximum atomic E-state index is 13.4. The molecule has 1 rings (SSSR count). The van der Waals surface area contributed by atoms with Crippen molar-refractivity contribution in [1.29, 1.82) is 0 Å². The minimum atomic E-state index is -4.76. The lowest BCUT2D eigenvalue weighted by atomic mass is 9.82. The van der Waals surface area contributed by atoms with E-state index in [4.69, 9.17) is 4.65 Å². The van der Waals surface area contributed by atoms with Gasteiger partial charge in [-0.3, -0.25) is 0 Å². The summed E-state index contributed by atoms with van der Waals surface area (Å²) in [5, 5.41) is 10.1. The summed E-state index contributed by atoms with van der Waals surface area (Å²) in [6, 6.07) is 3.29. The first kappa shape index (κ1) is 25.1. The van der Waals surface area contributed by atoms with Gasteiger partial charge >= 0.3 is 19.8 Å². The number of benzene rings is 1. The number of alkyl halides is 6. The van der Waals surface area contributed by atoms with Crippen molar-refractivity contribution in [2.75, 3.05) is 0 Å². The van der Waals surface area contributed by atoms with E-state index in [0.717, 1.165) is 26.0 Å². The lowest BCUT2D eigenvalue weighted by Crippen LogP contribution is -2.49. The average molecular weight is 431 g/mol. The molecule has 0 aliphatic heterocycles. The Balaban J connectivity index is 3.07. The fourth-order valence-corrected chi connectivity index (χ4v) is 2.56. The predicted octanol–water partition coefficient (Wildman–Crippen LogP) is 4.19. The third-order valence-electron chi connectivity index (χ3n) is 4.55. The summed E-state index contributed by atoms with van der Waals surface area (Å²) in [6.07, 6.45) is -9.39. The van der Waals surface area contributed by atoms with Crippen LogP contribution in [0.2, 0.25) is 0 Å². The molecule has 0 aliphatic rings. The minimum Gasteiger partial charge on any atom is -0.427 e. The van der Waals surface area contributed by atoms with Crippen LogP contribution in [0, 0.1) is 0 Å². The number of rotatable bonds is 7. The largest absolute Gasteiger partial charge is 0.427 e.